The summed E-state index contributed by atoms with van der Waals surface area (Å²) >= 11 is 0. The highest BCUT2D eigenvalue weighted by atomic mass is 19.3. The molecule has 2 saturated heterocycles. The molecule has 2 aliphatic heterocycles. The van der Waals surface area contributed by atoms with Gasteiger partial charge in [-0.2, -0.15) is 8.78 Å². The van der Waals surface area contributed by atoms with Crippen LogP contribution < -0.4 is 5.32 Å². The van der Waals surface area contributed by atoms with E-state index in [1.54, 1.807) is 0 Å². The quantitative estimate of drug-likeness (QED) is 0.740. The van der Waals surface area contributed by atoms with Crippen LogP contribution in [0.2, 0.25) is 0 Å². The summed E-state index contributed by atoms with van der Waals surface area (Å²) in [6.45, 7) is 4.17. The summed E-state index contributed by atoms with van der Waals surface area (Å²) in [5.74, 6) is -0.244. The summed E-state index contributed by atoms with van der Waals surface area (Å²) in [5.41, 5.74) is 0. The molecule has 0 spiro atoms. The molecule has 2 aliphatic rings. The molecular formula is C10H16F2N2O. The molecule has 0 bridgehead atoms. The van der Waals surface area contributed by atoms with Gasteiger partial charge in [-0.25, -0.2) is 0 Å². The molecule has 0 radical (unpaired) electrons. The number of nitrogens with one attached hydrogen (secondary N) is 1. The summed E-state index contributed by atoms with van der Waals surface area (Å²) < 4.78 is 24.7. The van der Waals surface area contributed by atoms with E-state index in [1.807, 2.05) is 6.92 Å². The topological polar surface area (TPSA) is 32.3 Å². The van der Waals surface area contributed by atoms with Gasteiger partial charge in [0.1, 0.15) is 0 Å². The zero-order valence-corrected chi connectivity index (χ0v) is 8.75. The highest BCUT2D eigenvalue weighted by molar-refractivity contribution is 5.80. The highest BCUT2D eigenvalue weighted by Gasteiger charge is 2.46. The van der Waals surface area contributed by atoms with Crippen LogP contribution in [0.25, 0.3) is 0 Å². The summed E-state index contributed by atoms with van der Waals surface area (Å²) in [6.07, 6.45) is -2.09. The van der Waals surface area contributed by atoms with Crippen LogP contribution in [0.3, 0.4) is 0 Å². The van der Waals surface area contributed by atoms with E-state index in [1.165, 1.54) is 4.90 Å². The highest BCUT2D eigenvalue weighted by Crippen LogP contribution is 2.34. The van der Waals surface area contributed by atoms with Crippen molar-refractivity contribution in [3.05, 3.63) is 0 Å². The molecule has 2 heterocycles. The Labute approximate surface area is 87.8 Å². The number of amides is 1. The number of likely N-dealkylation sites (tertiary alicyclic amines) is 1. The van der Waals surface area contributed by atoms with Gasteiger partial charge in [0.25, 0.3) is 5.91 Å². The summed E-state index contributed by atoms with van der Waals surface area (Å²) in [4.78, 5) is 12.7. The summed E-state index contributed by atoms with van der Waals surface area (Å²) in [5, 5.41) is 3.25. The van der Waals surface area contributed by atoms with Gasteiger partial charge < -0.3 is 10.2 Å². The molecule has 0 aromatic rings. The van der Waals surface area contributed by atoms with Crippen LogP contribution >= 0.6 is 0 Å². The van der Waals surface area contributed by atoms with Gasteiger partial charge in [-0.1, -0.05) is 6.92 Å². The van der Waals surface area contributed by atoms with Gasteiger partial charge in [0, 0.05) is 25.7 Å². The van der Waals surface area contributed by atoms with Crippen LogP contribution in [0.4, 0.5) is 8.78 Å². The Morgan fingerprint density at radius 2 is 2.27 bits per heavy atom. The van der Waals surface area contributed by atoms with Crippen LogP contribution in [-0.4, -0.2) is 42.9 Å². The van der Waals surface area contributed by atoms with Crippen molar-refractivity contribution in [3.63, 3.8) is 0 Å². The van der Waals surface area contributed by atoms with E-state index in [-0.39, 0.29) is 6.04 Å². The molecule has 0 aromatic heterocycles. The second-order valence-electron chi connectivity index (χ2n) is 4.35. The minimum atomic E-state index is -2.86. The SMILES string of the molecule is CCC1C2CNCC2CN1C(=O)C(F)F. The molecular weight excluding hydrogens is 202 g/mol. The lowest BCUT2D eigenvalue weighted by Gasteiger charge is -2.26. The third-order valence-electron chi connectivity index (χ3n) is 3.61. The normalized spacial score (nSPS) is 34.9. The molecule has 0 aliphatic carbocycles. The van der Waals surface area contributed by atoms with Crippen LogP contribution in [0.1, 0.15) is 13.3 Å². The lowest BCUT2D eigenvalue weighted by Crippen LogP contribution is -2.42. The number of alkyl halides is 2. The molecule has 3 nitrogen and oxygen atoms in total. The maximum atomic E-state index is 12.4. The standard InChI is InChI=1S/C10H16F2N2O/c1-2-8-7-4-13-3-6(7)5-14(8)10(15)9(11)12/h6-9,13H,2-5H2,1H3. The van der Waals surface area contributed by atoms with Gasteiger partial charge in [0.05, 0.1) is 0 Å². The minimum Gasteiger partial charge on any atom is -0.334 e. The lowest BCUT2D eigenvalue weighted by atomic mass is 9.93. The Morgan fingerprint density at radius 1 is 1.53 bits per heavy atom. The fourth-order valence-electron chi connectivity index (χ4n) is 2.92. The molecule has 1 N–H and O–H groups in total. The van der Waals surface area contributed by atoms with Crippen molar-refractivity contribution in [2.24, 2.45) is 11.8 Å². The summed E-state index contributed by atoms with van der Waals surface area (Å²) in [6, 6.07) is 0.00602. The van der Waals surface area contributed by atoms with E-state index in [0.717, 1.165) is 19.5 Å². The first kappa shape index (κ1) is 10.8. The van der Waals surface area contributed by atoms with Gasteiger partial charge in [-0.05, 0) is 18.3 Å². The number of halogens is 2. The Hall–Kier alpha value is -0.710. The van der Waals surface area contributed by atoms with E-state index in [2.05, 4.69) is 5.32 Å². The Morgan fingerprint density at radius 3 is 2.87 bits per heavy atom. The van der Waals surface area contributed by atoms with E-state index < -0.39 is 12.3 Å². The molecule has 2 rings (SSSR count). The van der Waals surface area contributed by atoms with E-state index in [9.17, 15) is 13.6 Å². The molecule has 0 saturated carbocycles. The molecule has 3 unspecified atom stereocenters. The zero-order valence-electron chi connectivity index (χ0n) is 8.75. The van der Waals surface area contributed by atoms with Crippen molar-refractivity contribution < 1.29 is 13.6 Å². The average Bonchev–Trinajstić information content (AvgIpc) is 2.74. The van der Waals surface area contributed by atoms with E-state index in [4.69, 9.17) is 0 Å². The van der Waals surface area contributed by atoms with Gasteiger partial charge in [0.2, 0.25) is 0 Å². The third kappa shape index (κ3) is 1.73. The maximum absolute atomic E-state index is 12.4. The molecule has 2 fully saturated rings. The molecule has 15 heavy (non-hydrogen) atoms. The van der Waals surface area contributed by atoms with Crippen molar-refractivity contribution in [3.8, 4) is 0 Å². The number of hydrogen-bond donors (Lipinski definition) is 1. The van der Waals surface area contributed by atoms with Crippen molar-refractivity contribution in [1.82, 2.24) is 10.2 Å². The van der Waals surface area contributed by atoms with Crippen LogP contribution in [0, 0.1) is 11.8 Å². The van der Waals surface area contributed by atoms with Crippen molar-refractivity contribution in [1.29, 1.82) is 0 Å². The van der Waals surface area contributed by atoms with Crippen molar-refractivity contribution in [2.45, 2.75) is 25.8 Å². The summed E-state index contributed by atoms with van der Waals surface area (Å²) in [7, 11) is 0. The van der Waals surface area contributed by atoms with Crippen molar-refractivity contribution >= 4 is 5.91 Å². The minimum absolute atomic E-state index is 0.00602. The van der Waals surface area contributed by atoms with Crippen LogP contribution in [0.15, 0.2) is 0 Å². The first-order valence-corrected chi connectivity index (χ1v) is 5.44. The second kappa shape index (κ2) is 4.04. The van der Waals surface area contributed by atoms with Gasteiger partial charge in [0.15, 0.2) is 0 Å². The Kier molecular flexibility index (Phi) is 2.91. The molecule has 0 aromatic carbocycles. The Bertz CT molecular complexity index is 260. The third-order valence-corrected chi connectivity index (χ3v) is 3.61. The number of fused-ring (bicyclic) bond motifs is 1. The number of nitrogens with zero attached hydrogens (tertiary/aromatic N) is 1. The van der Waals surface area contributed by atoms with Gasteiger partial charge in [-0.3, -0.25) is 4.79 Å². The maximum Gasteiger partial charge on any atom is 0.315 e. The smallest absolute Gasteiger partial charge is 0.315 e. The lowest BCUT2D eigenvalue weighted by molar-refractivity contribution is -0.144. The first-order chi connectivity index (χ1) is 7.15. The van der Waals surface area contributed by atoms with Crippen LogP contribution in [0.5, 0.6) is 0 Å². The molecule has 86 valence electrons. The van der Waals surface area contributed by atoms with Gasteiger partial charge >= 0.3 is 6.43 Å². The first-order valence-electron chi connectivity index (χ1n) is 5.44. The number of rotatable bonds is 2. The Balaban J connectivity index is 2.10. The molecule has 3 atom stereocenters. The predicted octanol–water partition coefficient (Wildman–Crippen LogP) is 0.708. The van der Waals surface area contributed by atoms with Gasteiger partial charge in [-0.15, -0.1) is 0 Å². The number of hydrogen-bond acceptors (Lipinski definition) is 2. The molecule has 5 heteroatoms. The largest absolute Gasteiger partial charge is 0.334 e. The number of carbonyl (C=O) groups excluding carboxylic acids is 1. The number of carbonyl (C=O) groups is 1. The van der Waals surface area contributed by atoms with Crippen LogP contribution in [-0.2, 0) is 4.79 Å². The average molecular weight is 218 g/mol. The fraction of sp³-hybridized carbons (Fsp3) is 0.900. The van der Waals surface area contributed by atoms with Crippen molar-refractivity contribution in [2.75, 3.05) is 19.6 Å². The zero-order chi connectivity index (χ0) is 11.0. The second-order valence-corrected chi connectivity index (χ2v) is 4.35. The molecule has 1 amide bonds. The van der Waals surface area contributed by atoms with E-state index in [0.29, 0.717) is 18.4 Å². The predicted molar refractivity (Wildman–Crippen MR) is 51.6 cm³/mol. The monoisotopic (exact) mass is 218 g/mol. The fourth-order valence-corrected chi connectivity index (χ4v) is 2.92. The van der Waals surface area contributed by atoms with E-state index >= 15 is 0 Å².